The van der Waals surface area contributed by atoms with Crippen molar-refractivity contribution in [3.8, 4) is 0 Å². The fourth-order valence-electron chi connectivity index (χ4n) is 1.14. The number of hydrogen-bond acceptors (Lipinski definition) is 2. The van der Waals surface area contributed by atoms with E-state index in [0.29, 0.717) is 0 Å². The molecule has 1 saturated carbocycles. The van der Waals surface area contributed by atoms with E-state index in [1.165, 1.54) is 12.8 Å². The third-order valence-electron chi connectivity index (χ3n) is 1.68. The molecule has 4 N–H and O–H groups in total. The highest BCUT2D eigenvalue weighted by Crippen LogP contribution is 2.27. The van der Waals surface area contributed by atoms with Crippen LogP contribution >= 0.6 is 0 Å². The van der Waals surface area contributed by atoms with E-state index in [4.69, 9.17) is 0 Å². The van der Waals surface area contributed by atoms with E-state index in [0.717, 1.165) is 12.8 Å². The largest absolute Gasteiger partial charge is 0.390 e. The number of aliphatic hydroxyl groups is 1. The Morgan fingerprint density at radius 2 is 1.62 bits per heavy atom. The van der Waals surface area contributed by atoms with Crippen LogP contribution in [0.1, 0.15) is 32.6 Å². The van der Waals surface area contributed by atoms with Gasteiger partial charge in [0, 0.05) is 0 Å². The molecule has 0 aliphatic heterocycles. The molecule has 0 spiro atoms. The van der Waals surface area contributed by atoms with Crippen LogP contribution in [-0.4, -0.2) is 10.7 Å². The first-order chi connectivity index (χ1) is 3.21. The average molecular weight is 117 g/mol. The number of rotatable bonds is 0. The van der Waals surface area contributed by atoms with Gasteiger partial charge in [-0.2, -0.15) is 0 Å². The zero-order chi connectivity index (χ0) is 5.33. The van der Waals surface area contributed by atoms with Crippen LogP contribution < -0.4 is 6.15 Å². The van der Waals surface area contributed by atoms with Crippen molar-refractivity contribution in [2.45, 2.75) is 38.2 Å². The summed E-state index contributed by atoms with van der Waals surface area (Å²) >= 11 is 0. The van der Waals surface area contributed by atoms with Crippen LogP contribution in [0.4, 0.5) is 0 Å². The first-order valence-electron chi connectivity index (χ1n) is 2.93. The van der Waals surface area contributed by atoms with Crippen LogP contribution in [0.5, 0.6) is 0 Å². The summed E-state index contributed by atoms with van der Waals surface area (Å²) in [5.74, 6) is 0. The normalized spacial score (nSPS) is 24.8. The van der Waals surface area contributed by atoms with E-state index in [-0.39, 0.29) is 11.8 Å². The van der Waals surface area contributed by atoms with Crippen molar-refractivity contribution in [1.29, 1.82) is 0 Å². The summed E-state index contributed by atoms with van der Waals surface area (Å²) in [6.07, 6.45) is 4.44. The van der Waals surface area contributed by atoms with E-state index in [9.17, 15) is 5.11 Å². The van der Waals surface area contributed by atoms with Crippen molar-refractivity contribution < 1.29 is 5.11 Å². The Hall–Kier alpha value is -0.0800. The molecule has 0 radical (unpaired) electrons. The maximum absolute atomic E-state index is 9.19. The molecule has 0 amide bonds. The summed E-state index contributed by atoms with van der Waals surface area (Å²) < 4.78 is 0. The Morgan fingerprint density at radius 1 is 1.25 bits per heavy atom. The van der Waals surface area contributed by atoms with Gasteiger partial charge in [-0.15, -0.1) is 0 Å². The fraction of sp³-hybridized carbons (Fsp3) is 1.00. The molecule has 0 saturated heterocycles. The lowest BCUT2D eigenvalue weighted by molar-refractivity contribution is 0.0681. The van der Waals surface area contributed by atoms with Crippen molar-refractivity contribution in [2.24, 2.45) is 0 Å². The minimum absolute atomic E-state index is 0. The minimum atomic E-state index is -0.306. The highest BCUT2D eigenvalue weighted by Gasteiger charge is 2.24. The minimum Gasteiger partial charge on any atom is -0.390 e. The average Bonchev–Trinajstić information content (AvgIpc) is 1.84. The van der Waals surface area contributed by atoms with Crippen LogP contribution in [0.2, 0.25) is 0 Å². The molecule has 0 aromatic rings. The second-order valence-electron chi connectivity index (χ2n) is 2.70. The third-order valence-corrected chi connectivity index (χ3v) is 1.68. The van der Waals surface area contributed by atoms with E-state index in [2.05, 4.69) is 0 Å². The quantitative estimate of drug-likeness (QED) is 0.505. The summed E-state index contributed by atoms with van der Waals surface area (Å²) in [5, 5.41) is 9.19. The third kappa shape index (κ3) is 1.80. The van der Waals surface area contributed by atoms with Gasteiger partial charge in [-0.05, 0) is 19.8 Å². The van der Waals surface area contributed by atoms with Gasteiger partial charge in [0.05, 0.1) is 5.60 Å². The van der Waals surface area contributed by atoms with Crippen molar-refractivity contribution in [1.82, 2.24) is 6.15 Å². The lowest BCUT2D eigenvalue weighted by Crippen LogP contribution is -2.17. The summed E-state index contributed by atoms with van der Waals surface area (Å²) in [5.41, 5.74) is -0.306. The second kappa shape index (κ2) is 2.46. The molecule has 1 aliphatic rings. The highest BCUT2D eigenvalue weighted by atomic mass is 16.3. The van der Waals surface area contributed by atoms with Gasteiger partial charge >= 0.3 is 0 Å². The highest BCUT2D eigenvalue weighted by molar-refractivity contribution is 4.78. The molecular formula is C6H15NO. The fourth-order valence-corrected chi connectivity index (χ4v) is 1.14. The van der Waals surface area contributed by atoms with Crippen LogP contribution in [0.25, 0.3) is 0 Å². The van der Waals surface area contributed by atoms with Crippen molar-refractivity contribution in [3.05, 3.63) is 0 Å². The van der Waals surface area contributed by atoms with Gasteiger partial charge in [-0.25, -0.2) is 0 Å². The van der Waals surface area contributed by atoms with Gasteiger partial charge in [-0.1, -0.05) is 12.8 Å². The van der Waals surface area contributed by atoms with E-state index < -0.39 is 0 Å². The van der Waals surface area contributed by atoms with Crippen molar-refractivity contribution >= 4 is 0 Å². The molecule has 1 aliphatic carbocycles. The SMILES string of the molecule is CC1(O)CCCC1.N. The Kier molecular flexibility index (Phi) is 2.44. The molecule has 2 heteroatoms. The zero-order valence-electron chi connectivity index (χ0n) is 5.48. The monoisotopic (exact) mass is 117 g/mol. The Balaban J connectivity index is 0.000000490. The summed E-state index contributed by atoms with van der Waals surface area (Å²) in [7, 11) is 0. The smallest absolute Gasteiger partial charge is 0.0619 e. The van der Waals surface area contributed by atoms with Gasteiger partial charge in [0.15, 0.2) is 0 Å². The van der Waals surface area contributed by atoms with Crippen LogP contribution in [0.3, 0.4) is 0 Å². The Labute approximate surface area is 50.5 Å². The molecule has 0 aromatic carbocycles. The summed E-state index contributed by atoms with van der Waals surface area (Å²) in [4.78, 5) is 0. The Morgan fingerprint density at radius 3 is 1.75 bits per heavy atom. The van der Waals surface area contributed by atoms with Crippen LogP contribution in [-0.2, 0) is 0 Å². The van der Waals surface area contributed by atoms with Crippen molar-refractivity contribution in [2.75, 3.05) is 0 Å². The maximum Gasteiger partial charge on any atom is 0.0619 e. The molecule has 8 heavy (non-hydrogen) atoms. The molecule has 0 bridgehead atoms. The molecule has 1 fully saturated rings. The molecule has 2 nitrogen and oxygen atoms in total. The summed E-state index contributed by atoms with van der Waals surface area (Å²) in [6.45, 7) is 1.92. The van der Waals surface area contributed by atoms with E-state index in [1.807, 2.05) is 6.92 Å². The first-order valence-corrected chi connectivity index (χ1v) is 2.93. The van der Waals surface area contributed by atoms with Gasteiger partial charge in [-0.3, -0.25) is 0 Å². The molecule has 0 heterocycles. The standard InChI is InChI=1S/C6H12O.H3N/c1-6(7)4-2-3-5-6;/h7H,2-5H2,1H3;1H3. The van der Waals surface area contributed by atoms with Crippen LogP contribution in [0.15, 0.2) is 0 Å². The lowest BCUT2D eigenvalue weighted by Gasteiger charge is -2.12. The molecule has 0 unspecified atom stereocenters. The van der Waals surface area contributed by atoms with Crippen LogP contribution in [0, 0.1) is 0 Å². The van der Waals surface area contributed by atoms with E-state index in [1.54, 1.807) is 0 Å². The van der Waals surface area contributed by atoms with Gasteiger partial charge in [0.25, 0.3) is 0 Å². The molecule has 1 rings (SSSR count). The molecule has 0 atom stereocenters. The lowest BCUT2D eigenvalue weighted by atomic mass is 10.1. The summed E-state index contributed by atoms with van der Waals surface area (Å²) in [6, 6.07) is 0. The van der Waals surface area contributed by atoms with Gasteiger partial charge < -0.3 is 11.3 Å². The molecular weight excluding hydrogens is 102 g/mol. The predicted octanol–water partition coefficient (Wildman–Crippen LogP) is 1.47. The molecule has 0 aromatic heterocycles. The predicted molar refractivity (Wildman–Crippen MR) is 34.1 cm³/mol. The maximum atomic E-state index is 9.19. The van der Waals surface area contributed by atoms with Crippen molar-refractivity contribution in [3.63, 3.8) is 0 Å². The number of hydrogen-bond donors (Lipinski definition) is 2. The zero-order valence-corrected chi connectivity index (χ0v) is 5.48. The molecule has 50 valence electrons. The first kappa shape index (κ1) is 7.92. The topological polar surface area (TPSA) is 55.2 Å². The second-order valence-corrected chi connectivity index (χ2v) is 2.70. The Bertz CT molecular complexity index is 62.9. The van der Waals surface area contributed by atoms with E-state index >= 15 is 0 Å². The van der Waals surface area contributed by atoms with Gasteiger partial charge in [0.2, 0.25) is 0 Å². The van der Waals surface area contributed by atoms with Gasteiger partial charge in [0.1, 0.15) is 0 Å².